The summed E-state index contributed by atoms with van der Waals surface area (Å²) >= 11 is 4.27. The Morgan fingerprint density at radius 3 is 2.65 bits per heavy atom. The summed E-state index contributed by atoms with van der Waals surface area (Å²) in [7, 11) is 0. The zero-order chi connectivity index (χ0) is 14.3. The van der Waals surface area contributed by atoms with Crippen molar-refractivity contribution in [2.75, 3.05) is 0 Å². The highest BCUT2D eigenvalue weighted by Gasteiger charge is 2.26. The van der Waals surface area contributed by atoms with Crippen molar-refractivity contribution in [3.63, 3.8) is 0 Å². The van der Waals surface area contributed by atoms with Gasteiger partial charge in [0, 0.05) is 4.47 Å². The van der Waals surface area contributed by atoms with Gasteiger partial charge in [0.25, 0.3) is 5.56 Å². The number of hydrogen-bond acceptors (Lipinski definition) is 5. The van der Waals surface area contributed by atoms with Crippen LogP contribution in [-0.2, 0) is 11.3 Å². The third-order valence-electron chi connectivity index (χ3n) is 2.87. The molecule has 1 aromatic carbocycles. The molecule has 0 unspecified atom stereocenters. The van der Waals surface area contributed by atoms with Gasteiger partial charge in [-0.1, -0.05) is 28.1 Å². The molecule has 1 aromatic heterocycles. The second-order valence-corrected chi connectivity index (χ2v) is 6.04. The number of carbonyl (C=O) groups excluding carboxylic acids is 1. The molecule has 0 aliphatic carbocycles. The molecule has 0 saturated carbocycles. The Labute approximate surface area is 126 Å². The summed E-state index contributed by atoms with van der Waals surface area (Å²) in [4.78, 5) is 27.3. The second kappa shape index (κ2) is 4.89. The van der Waals surface area contributed by atoms with Gasteiger partial charge < -0.3 is 4.57 Å². The molecule has 0 radical (unpaired) electrons. The van der Waals surface area contributed by atoms with Crippen LogP contribution in [0.5, 0.6) is 0 Å². The minimum absolute atomic E-state index is 0.0358. The van der Waals surface area contributed by atoms with Gasteiger partial charge in [-0.05, 0) is 29.5 Å². The van der Waals surface area contributed by atoms with Crippen LogP contribution >= 0.6 is 27.7 Å². The average molecular weight is 348 g/mol. The number of benzene rings is 1. The zero-order valence-electron chi connectivity index (χ0n) is 9.96. The van der Waals surface area contributed by atoms with Crippen molar-refractivity contribution in [2.45, 2.75) is 11.7 Å². The Balaban J connectivity index is 2.34. The molecule has 20 heavy (non-hydrogen) atoms. The summed E-state index contributed by atoms with van der Waals surface area (Å²) in [6, 6.07) is 9.11. The molecule has 0 N–H and O–H groups in total. The monoisotopic (exact) mass is 347 g/mol. The van der Waals surface area contributed by atoms with Gasteiger partial charge in [0.15, 0.2) is 5.16 Å². The van der Waals surface area contributed by atoms with Crippen LogP contribution < -0.4 is 5.56 Å². The van der Waals surface area contributed by atoms with E-state index in [-0.39, 0.29) is 17.2 Å². The molecule has 0 spiro atoms. The van der Waals surface area contributed by atoms with Crippen LogP contribution in [0.2, 0.25) is 0 Å². The van der Waals surface area contributed by atoms with Crippen LogP contribution in [0.4, 0.5) is 0 Å². The molecular weight excluding hydrogens is 342 g/mol. The normalized spacial score (nSPS) is 13.1. The van der Waals surface area contributed by atoms with E-state index in [0.29, 0.717) is 16.4 Å². The van der Waals surface area contributed by atoms with Crippen LogP contribution in [0.3, 0.4) is 0 Å². The van der Waals surface area contributed by atoms with E-state index in [2.05, 4.69) is 20.9 Å². The van der Waals surface area contributed by atoms with E-state index in [1.807, 2.05) is 18.2 Å². The van der Waals surface area contributed by atoms with Gasteiger partial charge >= 0.3 is 0 Å². The Morgan fingerprint density at radius 1 is 1.30 bits per heavy atom. The Hall–Kier alpha value is -1.91. The minimum atomic E-state index is -0.598. The van der Waals surface area contributed by atoms with Gasteiger partial charge in [-0.3, -0.25) is 9.59 Å². The van der Waals surface area contributed by atoms with Crippen LogP contribution in [-0.4, -0.2) is 14.7 Å². The third kappa shape index (κ3) is 2.07. The number of aromatic nitrogens is 2. The van der Waals surface area contributed by atoms with Crippen molar-refractivity contribution in [2.24, 2.45) is 0 Å². The van der Waals surface area contributed by atoms with Crippen molar-refractivity contribution in [1.82, 2.24) is 9.55 Å². The lowest BCUT2D eigenvalue weighted by atomic mass is 10.1. The van der Waals surface area contributed by atoms with Gasteiger partial charge in [-0.2, -0.15) is 10.2 Å². The van der Waals surface area contributed by atoms with Gasteiger partial charge in [0.05, 0.1) is 12.2 Å². The zero-order valence-corrected chi connectivity index (χ0v) is 12.4. The van der Waals surface area contributed by atoms with E-state index in [0.717, 1.165) is 16.2 Å². The molecule has 0 saturated heterocycles. The summed E-state index contributed by atoms with van der Waals surface area (Å²) in [6.45, 7) is 0.118. The quantitative estimate of drug-likeness (QED) is 0.739. The summed E-state index contributed by atoms with van der Waals surface area (Å²) in [6.07, 6.45) is 0. The molecule has 2 aromatic rings. The molecule has 3 rings (SSSR count). The highest BCUT2D eigenvalue weighted by atomic mass is 79.9. The fourth-order valence-electron chi connectivity index (χ4n) is 2.03. The Bertz CT molecular complexity index is 821. The molecule has 98 valence electrons. The molecule has 2 heterocycles. The highest BCUT2D eigenvalue weighted by molar-refractivity contribution is 9.10. The van der Waals surface area contributed by atoms with E-state index in [9.17, 15) is 14.9 Å². The summed E-state index contributed by atoms with van der Waals surface area (Å²) in [5.74, 6) is 0. The number of nitrogens with zero attached hydrogens (tertiary/aromatic N) is 3. The molecule has 0 fully saturated rings. The average Bonchev–Trinajstić information content (AvgIpc) is 2.78. The molecule has 0 bridgehead atoms. The maximum Gasteiger partial charge on any atom is 0.292 e. The number of hydrogen-bond donors (Lipinski definition) is 0. The molecule has 5 nitrogen and oxygen atoms in total. The summed E-state index contributed by atoms with van der Waals surface area (Å²) < 4.78 is 2.51. The maximum absolute atomic E-state index is 11.9. The first-order chi connectivity index (χ1) is 9.60. The minimum Gasteiger partial charge on any atom is -0.310 e. The SMILES string of the molecule is N#Cc1c(-c2ccc(Br)cc2)n2c(nc1=O)SC(=O)C2. The number of rotatable bonds is 1. The number of nitriles is 1. The fraction of sp³-hybridized carbons (Fsp3) is 0.0769. The van der Waals surface area contributed by atoms with E-state index in [1.165, 1.54) is 0 Å². The standard InChI is InChI=1S/C13H6BrN3O2S/c14-8-3-1-7(2-4-8)11-9(5-15)12(19)16-13-17(11)6-10(18)20-13/h1-4H,6H2. The van der Waals surface area contributed by atoms with E-state index < -0.39 is 5.56 Å². The van der Waals surface area contributed by atoms with Crippen molar-refractivity contribution >= 4 is 32.8 Å². The van der Waals surface area contributed by atoms with E-state index in [4.69, 9.17) is 0 Å². The van der Waals surface area contributed by atoms with Gasteiger partial charge in [-0.25, -0.2) is 0 Å². The number of fused-ring (bicyclic) bond motifs is 1. The van der Waals surface area contributed by atoms with Gasteiger partial charge in [-0.15, -0.1) is 0 Å². The van der Waals surface area contributed by atoms with Crippen LogP contribution in [0.1, 0.15) is 5.56 Å². The molecule has 1 aliphatic heterocycles. The van der Waals surface area contributed by atoms with Crippen molar-refractivity contribution < 1.29 is 4.79 Å². The Kier molecular flexibility index (Phi) is 3.20. The predicted molar refractivity (Wildman–Crippen MR) is 77.2 cm³/mol. The largest absolute Gasteiger partial charge is 0.310 e. The van der Waals surface area contributed by atoms with E-state index >= 15 is 0 Å². The topological polar surface area (TPSA) is 75.8 Å². The smallest absolute Gasteiger partial charge is 0.292 e. The molecular formula is C13H6BrN3O2S. The maximum atomic E-state index is 11.9. The number of carbonyl (C=O) groups is 1. The lowest BCUT2D eigenvalue weighted by molar-refractivity contribution is -0.111. The number of halogens is 1. The van der Waals surface area contributed by atoms with Gasteiger partial charge in [0.1, 0.15) is 11.6 Å². The molecule has 7 heteroatoms. The molecule has 0 atom stereocenters. The molecule has 0 amide bonds. The number of thioether (sulfide) groups is 1. The molecule has 1 aliphatic rings. The van der Waals surface area contributed by atoms with Crippen LogP contribution in [0, 0.1) is 11.3 Å². The summed E-state index contributed by atoms with van der Waals surface area (Å²) in [5, 5.41) is 9.46. The second-order valence-electron chi connectivity index (χ2n) is 4.10. The van der Waals surface area contributed by atoms with E-state index in [1.54, 1.807) is 16.7 Å². The predicted octanol–water partition coefficient (Wildman–Crippen LogP) is 2.18. The lowest BCUT2D eigenvalue weighted by Crippen LogP contribution is -2.18. The van der Waals surface area contributed by atoms with Crippen LogP contribution in [0.25, 0.3) is 11.3 Å². The van der Waals surface area contributed by atoms with Crippen molar-refractivity contribution in [1.29, 1.82) is 5.26 Å². The van der Waals surface area contributed by atoms with Crippen molar-refractivity contribution in [3.8, 4) is 17.3 Å². The summed E-state index contributed by atoms with van der Waals surface area (Å²) in [5.41, 5.74) is 0.527. The first-order valence-electron chi connectivity index (χ1n) is 5.61. The highest BCUT2D eigenvalue weighted by Crippen LogP contribution is 2.32. The Morgan fingerprint density at radius 2 is 2.00 bits per heavy atom. The lowest BCUT2D eigenvalue weighted by Gasteiger charge is -2.11. The van der Waals surface area contributed by atoms with Crippen LogP contribution in [0.15, 0.2) is 38.7 Å². The van der Waals surface area contributed by atoms with Gasteiger partial charge in [0.2, 0.25) is 5.12 Å². The third-order valence-corrected chi connectivity index (χ3v) is 4.25. The fourth-order valence-corrected chi connectivity index (χ4v) is 3.09. The van der Waals surface area contributed by atoms with Crippen molar-refractivity contribution in [3.05, 3.63) is 44.7 Å². The first-order valence-corrected chi connectivity index (χ1v) is 7.22. The first kappa shape index (κ1) is 13.1.